The minimum absolute atomic E-state index is 0.379. The summed E-state index contributed by atoms with van der Waals surface area (Å²) >= 11 is 0. The van der Waals surface area contributed by atoms with Crippen molar-refractivity contribution in [1.82, 2.24) is 0 Å². The van der Waals surface area contributed by atoms with Gasteiger partial charge in [-0.3, -0.25) is 0 Å². The summed E-state index contributed by atoms with van der Waals surface area (Å²) in [6, 6.07) is 9.49. The van der Waals surface area contributed by atoms with Crippen LogP contribution in [0.5, 0.6) is 0 Å². The largest absolute Gasteiger partial charge is 0.344 e. The molecule has 1 atom stereocenters. The number of benzene rings is 1. The van der Waals surface area contributed by atoms with E-state index < -0.39 is 7.80 Å². The summed E-state index contributed by atoms with van der Waals surface area (Å²) in [6.45, 7) is 9.44. The van der Waals surface area contributed by atoms with Gasteiger partial charge in [-0.05, 0) is 73.8 Å². The fraction of sp³-hybridized carbons (Fsp3) is 0.750. The van der Waals surface area contributed by atoms with Gasteiger partial charge in [0, 0.05) is 0 Å². The molecule has 0 N–H and O–H groups in total. The van der Waals surface area contributed by atoms with Gasteiger partial charge in [0.05, 0.1) is 9.52 Å². The van der Waals surface area contributed by atoms with Crippen molar-refractivity contribution < 1.29 is 4.57 Å². The molecule has 0 spiro atoms. The molecule has 1 aromatic carbocycles. The highest BCUT2D eigenvalue weighted by Crippen LogP contribution is 2.49. The molecule has 1 unspecified atom stereocenters. The van der Waals surface area contributed by atoms with E-state index in [1.165, 1.54) is 68.5 Å². The third-order valence-corrected chi connectivity index (χ3v) is 11.6. The van der Waals surface area contributed by atoms with Crippen LogP contribution in [0.2, 0.25) is 5.04 Å². The van der Waals surface area contributed by atoms with Crippen molar-refractivity contribution in [2.75, 3.05) is 0 Å². The normalized spacial score (nSPS) is 25.6. The molecular formula is C24H38OPSi+. The molecule has 0 heterocycles. The fourth-order valence-electron chi connectivity index (χ4n) is 4.65. The van der Waals surface area contributed by atoms with E-state index in [1.54, 1.807) is 0 Å². The summed E-state index contributed by atoms with van der Waals surface area (Å²) in [4.78, 5) is 0. The quantitative estimate of drug-likeness (QED) is 0.368. The van der Waals surface area contributed by atoms with Crippen molar-refractivity contribution in [1.29, 1.82) is 0 Å². The second-order valence-corrected chi connectivity index (χ2v) is 14.1. The van der Waals surface area contributed by atoms with Crippen LogP contribution in [0, 0.1) is 5.92 Å². The van der Waals surface area contributed by atoms with Crippen LogP contribution in [0.1, 0.15) is 97.0 Å². The van der Waals surface area contributed by atoms with E-state index in [9.17, 15) is 4.57 Å². The molecule has 148 valence electrons. The van der Waals surface area contributed by atoms with Gasteiger partial charge >= 0.3 is 7.80 Å². The van der Waals surface area contributed by atoms with Crippen molar-refractivity contribution in [2.45, 2.75) is 108 Å². The predicted octanol–water partition coefficient (Wildman–Crippen LogP) is 7.06. The standard InChI is InChI=1S/C24H38OPSi/c1-18(2)24(3,4)27-23-16-12-20(13-17-23)19-10-14-22(15-11-19)26(25)21-8-6-5-7-9-21/h12-13,16-19,21-22H,5-11,14-15H2,1-4H3/q+1. The Morgan fingerprint density at radius 2 is 1.44 bits per heavy atom. The zero-order chi connectivity index (χ0) is 19.4. The van der Waals surface area contributed by atoms with E-state index >= 15 is 0 Å². The topological polar surface area (TPSA) is 17.1 Å². The molecule has 2 saturated carbocycles. The Hall–Kier alpha value is -0.463. The molecule has 3 rings (SSSR count). The van der Waals surface area contributed by atoms with Crippen LogP contribution in [-0.2, 0) is 4.57 Å². The van der Waals surface area contributed by atoms with Crippen molar-refractivity contribution in [3.63, 3.8) is 0 Å². The van der Waals surface area contributed by atoms with Crippen LogP contribution in [-0.4, -0.2) is 20.8 Å². The molecule has 2 fully saturated rings. The Bertz CT molecular complexity index is 608. The summed E-state index contributed by atoms with van der Waals surface area (Å²) in [5, 5.41) is 1.87. The lowest BCUT2D eigenvalue weighted by Crippen LogP contribution is -2.29. The van der Waals surface area contributed by atoms with Gasteiger partial charge in [0.25, 0.3) is 0 Å². The first kappa shape index (κ1) is 21.3. The fourth-order valence-corrected chi connectivity index (χ4v) is 8.30. The Kier molecular flexibility index (Phi) is 7.36. The average Bonchev–Trinajstić information content (AvgIpc) is 2.68. The first-order valence-electron chi connectivity index (χ1n) is 11.2. The van der Waals surface area contributed by atoms with E-state index in [2.05, 4.69) is 52.0 Å². The maximum absolute atomic E-state index is 13.0. The molecule has 0 amide bonds. The molecule has 0 aliphatic heterocycles. The van der Waals surface area contributed by atoms with Crippen LogP contribution in [0.3, 0.4) is 0 Å². The molecule has 0 saturated heterocycles. The summed E-state index contributed by atoms with van der Waals surface area (Å²) in [6.07, 6.45) is 11.3. The minimum atomic E-state index is -0.981. The van der Waals surface area contributed by atoms with Crippen molar-refractivity contribution >= 4 is 22.5 Å². The molecule has 2 aliphatic rings. The molecule has 27 heavy (non-hydrogen) atoms. The molecule has 0 aromatic heterocycles. The zero-order valence-corrected chi connectivity index (χ0v) is 19.7. The lowest BCUT2D eigenvalue weighted by Gasteiger charge is -2.29. The lowest BCUT2D eigenvalue weighted by atomic mass is 9.84. The highest BCUT2D eigenvalue weighted by Gasteiger charge is 2.41. The molecular weight excluding hydrogens is 363 g/mol. The van der Waals surface area contributed by atoms with Gasteiger partial charge in [-0.1, -0.05) is 68.1 Å². The SMILES string of the molecule is CC(C)C(C)(C)[Si]c1ccc(C2CCC([P+](=O)C3CCCCC3)CC2)cc1. The lowest BCUT2D eigenvalue weighted by molar-refractivity contribution is 0.428. The van der Waals surface area contributed by atoms with Gasteiger partial charge in [-0.2, -0.15) is 0 Å². The van der Waals surface area contributed by atoms with Crippen molar-refractivity contribution in [3.05, 3.63) is 29.8 Å². The highest BCUT2D eigenvalue weighted by molar-refractivity contribution is 7.46. The molecule has 1 aromatic rings. The Morgan fingerprint density at radius 3 is 2.00 bits per heavy atom. The van der Waals surface area contributed by atoms with Gasteiger partial charge < -0.3 is 0 Å². The second-order valence-electron chi connectivity index (χ2n) is 9.78. The summed E-state index contributed by atoms with van der Waals surface area (Å²) in [5.41, 5.74) is 2.56. The summed E-state index contributed by atoms with van der Waals surface area (Å²) in [5.74, 6) is 1.39. The van der Waals surface area contributed by atoms with Crippen LogP contribution in [0.25, 0.3) is 0 Å². The maximum atomic E-state index is 13.0. The molecule has 1 nitrogen and oxygen atoms in total. The second kappa shape index (κ2) is 9.36. The van der Waals surface area contributed by atoms with E-state index in [1.807, 2.05) is 0 Å². The smallest absolute Gasteiger partial charge is 0.0742 e. The molecule has 2 aliphatic carbocycles. The Labute approximate surface area is 170 Å². The monoisotopic (exact) mass is 401 g/mol. The Balaban J connectivity index is 1.52. The van der Waals surface area contributed by atoms with E-state index in [-0.39, 0.29) is 0 Å². The van der Waals surface area contributed by atoms with Crippen molar-refractivity contribution in [2.24, 2.45) is 5.92 Å². The first-order chi connectivity index (χ1) is 12.9. The van der Waals surface area contributed by atoms with E-state index in [0.717, 1.165) is 9.52 Å². The molecule has 3 heteroatoms. The van der Waals surface area contributed by atoms with Gasteiger partial charge in [-0.25, -0.2) is 0 Å². The number of rotatable bonds is 6. The van der Waals surface area contributed by atoms with E-state index in [0.29, 0.717) is 28.2 Å². The zero-order valence-electron chi connectivity index (χ0n) is 17.8. The van der Waals surface area contributed by atoms with Crippen molar-refractivity contribution in [3.8, 4) is 0 Å². The summed E-state index contributed by atoms with van der Waals surface area (Å²) < 4.78 is 13.0. The van der Waals surface area contributed by atoms with Crippen LogP contribution >= 0.6 is 7.80 Å². The van der Waals surface area contributed by atoms with Gasteiger partial charge in [0.2, 0.25) is 0 Å². The minimum Gasteiger partial charge on any atom is -0.0742 e. The van der Waals surface area contributed by atoms with Crippen LogP contribution < -0.4 is 5.19 Å². The summed E-state index contributed by atoms with van der Waals surface area (Å²) in [7, 11) is -0.108. The average molecular weight is 402 g/mol. The molecule has 2 radical (unpaired) electrons. The third-order valence-electron chi connectivity index (χ3n) is 7.28. The Morgan fingerprint density at radius 1 is 0.889 bits per heavy atom. The first-order valence-corrected chi connectivity index (χ1v) is 13.6. The number of hydrogen-bond acceptors (Lipinski definition) is 1. The van der Waals surface area contributed by atoms with Gasteiger partial charge in [0.1, 0.15) is 0 Å². The van der Waals surface area contributed by atoms with Gasteiger partial charge in [-0.15, -0.1) is 0 Å². The van der Waals surface area contributed by atoms with Crippen LogP contribution in [0.4, 0.5) is 0 Å². The van der Waals surface area contributed by atoms with E-state index in [4.69, 9.17) is 0 Å². The van der Waals surface area contributed by atoms with Crippen LogP contribution in [0.15, 0.2) is 24.3 Å². The highest BCUT2D eigenvalue weighted by atomic mass is 31.1. The van der Waals surface area contributed by atoms with Gasteiger partial charge in [0.15, 0.2) is 11.3 Å². The third kappa shape index (κ3) is 5.54. The molecule has 0 bridgehead atoms. The predicted molar refractivity (Wildman–Crippen MR) is 120 cm³/mol. The maximum Gasteiger partial charge on any atom is 0.344 e. The number of hydrogen-bond donors (Lipinski definition) is 0.